The van der Waals surface area contributed by atoms with Crippen molar-refractivity contribution < 1.29 is 14.0 Å². The van der Waals surface area contributed by atoms with Crippen molar-refractivity contribution in [2.75, 3.05) is 36.4 Å². The number of anilines is 2. The van der Waals surface area contributed by atoms with Gasteiger partial charge in [0.2, 0.25) is 5.91 Å². The second kappa shape index (κ2) is 8.00. The molecule has 1 fully saturated rings. The van der Waals surface area contributed by atoms with Crippen molar-refractivity contribution in [2.24, 2.45) is 5.41 Å². The van der Waals surface area contributed by atoms with Gasteiger partial charge in [0.05, 0.1) is 5.56 Å². The summed E-state index contributed by atoms with van der Waals surface area (Å²) in [4.78, 5) is 28.7. The fourth-order valence-electron chi connectivity index (χ4n) is 3.24. The van der Waals surface area contributed by atoms with Crippen LogP contribution in [-0.4, -0.2) is 42.9 Å². The van der Waals surface area contributed by atoms with Gasteiger partial charge in [0, 0.05) is 43.0 Å². The van der Waals surface area contributed by atoms with E-state index >= 15 is 0 Å². The van der Waals surface area contributed by atoms with E-state index in [-0.39, 0.29) is 16.9 Å². The predicted molar refractivity (Wildman–Crippen MR) is 109 cm³/mol. The van der Waals surface area contributed by atoms with Gasteiger partial charge in [0.25, 0.3) is 5.91 Å². The number of carbonyl (C=O) groups excluding carboxylic acids is 2. The van der Waals surface area contributed by atoms with E-state index in [9.17, 15) is 14.0 Å². The maximum Gasteiger partial charge on any atom is 0.258 e. The molecule has 0 atom stereocenters. The Hall–Kier alpha value is -2.89. The van der Waals surface area contributed by atoms with Crippen LogP contribution in [0, 0.1) is 11.2 Å². The van der Waals surface area contributed by atoms with Crippen LogP contribution in [0.25, 0.3) is 0 Å². The molecule has 1 aliphatic rings. The first-order valence-electron chi connectivity index (χ1n) is 9.46. The Kier molecular flexibility index (Phi) is 5.68. The van der Waals surface area contributed by atoms with Crippen molar-refractivity contribution in [3.8, 4) is 0 Å². The van der Waals surface area contributed by atoms with Gasteiger partial charge in [-0.25, -0.2) is 4.39 Å². The highest BCUT2D eigenvalue weighted by molar-refractivity contribution is 6.04. The van der Waals surface area contributed by atoms with Gasteiger partial charge in [-0.15, -0.1) is 0 Å². The van der Waals surface area contributed by atoms with E-state index in [0.717, 1.165) is 18.8 Å². The van der Waals surface area contributed by atoms with Gasteiger partial charge in [-0.3, -0.25) is 9.59 Å². The fourth-order valence-corrected chi connectivity index (χ4v) is 3.24. The number of amides is 2. The molecule has 6 heteroatoms. The van der Waals surface area contributed by atoms with Crippen molar-refractivity contribution in [1.82, 2.24) is 4.90 Å². The molecule has 148 valence electrons. The molecule has 28 heavy (non-hydrogen) atoms. The van der Waals surface area contributed by atoms with Gasteiger partial charge in [-0.2, -0.15) is 0 Å². The van der Waals surface area contributed by atoms with Crippen LogP contribution < -0.4 is 10.2 Å². The van der Waals surface area contributed by atoms with Crippen LogP contribution in [0.3, 0.4) is 0 Å². The van der Waals surface area contributed by atoms with Gasteiger partial charge in [-0.1, -0.05) is 32.9 Å². The topological polar surface area (TPSA) is 52.7 Å². The summed E-state index contributed by atoms with van der Waals surface area (Å²) in [5.74, 6) is -0.835. The summed E-state index contributed by atoms with van der Waals surface area (Å²) in [6.07, 6.45) is 0. The molecule has 2 aromatic rings. The molecular weight excluding hydrogens is 357 g/mol. The third-order valence-corrected chi connectivity index (χ3v) is 4.82. The molecule has 0 saturated carbocycles. The number of nitrogens with one attached hydrogen (secondary N) is 1. The Morgan fingerprint density at radius 1 is 0.929 bits per heavy atom. The maximum absolute atomic E-state index is 13.7. The van der Waals surface area contributed by atoms with Gasteiger partial charge in [-0.05, 0) is 36.4 Å². The van der Waals surface area contributed by atoms with E-state index in [1.165, 1.54) is 12.1 Å². The molecule has 0 radical (unpaired) electrons. The van der Waals surface area contributed by atoms with E-state index in [1.807, 2.05) is 37.8 Å². The van der Waals surface area contributed by atoms with E-state index in [0.29, 0.717) is 18.8 Å². The molecule has 2 amide bonds. The van der Waals surface area contributed by atoms with Crippen molar-refractivity contribution in [2.45, 2.75) is 20.8 Å². The van der Waals surface area contributed by atoms with Gasteiger partial charge < -0.3 is 15.1 Å². The largest absolute Gasteiger partial charge is 0.368 e. The minimum absolute atomic E-state index is 0.0196. The third-order valence-electron chi connectivity index (χ3n) is 4.82. The number of benzene rings is 2. The molecule has 1 heterocycles. The Bertz CT molecular complexity index is 851. The normalized spacial score (nSPS) is 14.7. The Balaban J connectivity index is 1.59. The van der Waals surface area contributed by atoms with Crippen molar-refractivity contribution in [1.29, 1.82) is 0 Å². The van der Waals surface area contributed by atoms with Gasteiger partial charge in [0.1, 0.15) is 5.82 Å². The van der Waals surface area contributed by atoms with Crippen molar-refractivity contribution in [3.05, 3.63) is 59.9 Å². The number of rotatable bonds is 3. The number of carbonyl (C=O) groups is 2. The fraction of sp³-hybridized carbons (Fsp3) is 0.364. The summed E-state index contributed by atoms with van der Waals surface area (Å²) >= 11 is 0. The summed E-state index contributed by atoms with van der Waals surface area (Å²) in [5.41, 5.74) is 1.30. The molecule has 0 unspecified atom stereocenters. The number of hydrogen-bond acceptors (Lipinski definition) is 3. The number of hydrogen-bond donors (Lipinski definition) is 1. The molecule has 2 aromatic carbocycles. The highest BCUT2D eigenvalue weighted by atomic mass is 19.1. The minimum atomic E-state index is -0.542. The summed E-state index contributed by atoms with van der Waals surface area (Å²) in [5, 5.41) is 2.72. The van der Waals surface area contributed by atoms with E-state index in [2.05, 4.69) is 10.2 Å². The van der Waals surface area contributed by atoms with Crippen LogP contribution in [0.2, 0.25) is 0 Å². The molecule has 1 aliphatic heterocycles. The molecule has 1 N–H and O–H groups in total. The highest BCUT2D eigenvalue weighted by Gasteiger charge is 2.29. The third kappa shape index (κ3) is 4.50. The lowest BCUT2D eigenvalue weighted by Crippen LogP contribution is -2.51. The second-order valence-corrected chi connectivity index (χ2v) is 8.01. The van der Waals surface area contributed by atoms with Crippen LogP contribution in [0.4, 0.5) is 15.8 Å². The van der Waals surface area contributed by atoms with Crippen molar-refractivity contribution >= 4 is 23.2 Å². The molecule has 5 nitrogen and oxygen atoms in total. The zero-order valence-electron chi connectivity index (χ0n) is 16.5. The van der Waals surface area contributed by atoms with E-state index in [1.54, 1.807) is 24.3 Å². The average Bonchev–Trinajstić information content (AvgIpc) is 2.68. The van der Waals surface area contributed by atoms with Crippen LogP contribution in [0.5, 0.6) is 0 Å². The number of piperazine rings is 1. The minimum Gasteiger partial charge on any atom is -0.368 e. The van der Waals surface area contributed by atoms with Crippen LogP contribution >= 0.6 is 0 Å². The average molecular weight is 383 g/mol. The first-order valence-corrected chi connectivity index (χ1v) is 9.46. The summed E-state index contributed by atoms with van der Waals surface area (Å²) in [7, 11) is 0. The monoisotopic (exact) mass is 383 g/mol. The molecule has 3 rings (SSSR count). The summed E-state index contributed by atoms with van der Waals surface area (Å²) < 4.78 is 13.7. The molecule has 0 spiro atoms. The quantitative estimate of drug-likeness (QED) is 0.878. The zero-order valence-corrected chi connectivity index (χ0v) is 16.5. The van der Waals surface area contributed by atoms with Crippen molar-refractivity contribution in [3.63, 3.8) is 0 Å². The van der Waals surface area contributed by atoms with Gasteiger partial charge >= 0.3 is 0 Å². The Morgan fingerprint density at radius 2 is 1.54 bits per heavy atom. The lowest BCUT2D eigenvalue weighted by molar-refractivity contribution is -0.139. The molecular formula is C22H26FN3O2. The SMILES string of the molecule is CC(C)(C)C(=O)N1CCN(c2ccc(NC(=O)c3ccccc3F)cc2)CC1. The van der Waals surface area contributed by atoms with Crippen LogP contribution in [0.15, 0.2) is 48.5 Å². The van der Waals surface area contributed by atoms with E-state index in [4.69, 9.17) is 0 Å². The first kappa shape index (κ1) is 19.9. The summed E-state index contributed by atoms with van der Waals surface area (Å²) in [6.45, 7) is 8.75. The summed E-state index contributed by atoms with van der Waals surface area (Å²) in [6, 6.07) is 13.4. The zero-order chi connectivity index (χ0) is 20.3. The lowest BCUT2D eigenvalue weighted by Gasteiger charge is -2.38. The number of halogens is 1. The van der Waals surface area contributed by atoms with Gasteiger partial charge in [0.15, 0.2) is 0 Å². The predicted octanol–water partition coefficient (Wildman–Crippen LogP) is 3.77. The Morgan fingerprint density at radius 3 is 2.11 bits per heavy atom. The van der Waals surface area contributed by atoms with Crippen LogP contribution in [-0.2, 0) is 4.79 Å². The van der Waals surface area contributed by atoms with E-state index < -0.39 is 11.7 Å². The standard InChI is InChI=1S/C22H26FN3O2/c1-22(2,3)21(28)26-14-12-25(13-15-26)17-10-8-16(9-11-17)24-20(27)18-6-4-5-7-19(18)23/h4-11H,12-15H2,1-3H3,(H,24,27). The smallest absolute Gasteiger partial charge is 0.258 e. The highest BCUT2D eigenvalue weighted by Crippen LogP contribution is 2.23. The first-order chi connectivity index (χ1) is 13.3. The molecule has 0 bridgehead atoms. The Labute approximate surface area is 165 Å². The molecule has 0 aromatic heterocycles. The van der Waals surface area contributed by atoms with Crippen LogP contribution in [0.1, 0.15) is 31.1 Å². The molecule has 0 aliphatic carbocycles. The lowest BCUT2D eigenvalue weighted by atomic mass is 9.94. The molecule has 1 saturated heterocycles. The maximum atomic E-state index is 13.7. The number of nitrogens with zero attached hydrogens (tertiary/aromatic N) is 2. The second-order valence-electron chi connectivity index (χ2n) is 8.01.